The molecule has 1 aromatic rings. The van der Waals surface area contributed by atoms with Crippen molar-refractivity contribution in [3.63, 3.8) is 0 Å². The molecular weight excluding hydrogens is 229 g/mol. The van der Waals surface area contributed by atoms with Crippen molar-refractivity contribution in [2.24, 2.45) is 5.73 Å². The lowest BCUT2D eigenvalue weighted by molar-refractivity contribution is -0.137. The van der Waals surface area contributed by atoms with Crippen molar-refractivity contribution >= 4 is 0 Å². The standard InChI is InChI=1S/C12H15F3N2/c13-12(14,15)9-3-4-10(17-7-9)11(8-16)5-1-2-6-11/h3-4,7H,1-2,5-6,8,16H2. The van der Waals surface area contributed by atoms with Crippen LogP contribution in [0.5, 0.6) is 0 Å². The van der Waals surface area contributed by atoms with E-state index < -0.39 is 11.7 Å². The maximum atomic E-state index is 12.4. The zero-order chi connectivity index (χ0) is 12.5. The van der Waals surface area contributed by atoms with Gasteiger partial charge in [-0.3, -0.25) is 4.98 Å². The van der Waals surface area contributed by atoms with Crippen LogP contribution in [-0.4, -0.2) is 11.5 Å². The summed E-state index contributed by atoms with van der Waals surface area (Å²) in [6.07, 6.45) is 0.561. The Bertz CT molecular complexity index is 378. The summed E-state index contributed by atoms with van der Waals surface area (Å²) < 4.78 is 37.2. The minimum absolute atomic E-state index is 0.204. The number of nitrogens with zero attached hydrogens (tertiary/aromatic N) is 1. The number of nitrogens with two attached hydrogens (primary N) is 1. The molecule has 0 aliphatic heterocycles. The minimum atomic E-state index is -4.32. The van der Waals surface area contributed by atoms with Crippen LogP contribution < -0.4 is 5.73 Å². The van der Waals surface area contributed by atoms with Crippen LogP contribution in [0.1, 0.15) is 36.9 Å². The summed E-state index contributed by atoms with van der Waals surface area (Å²) in [5.41, 5.74) is 5.56. The van der Waals surface area contributed by atoms with Crippen LogP contribution in [-0.2, 0) is 11.6 Å². The average Bonchev–Trinajstić information content (AvgIpc) is 2.78. The molecule has 1 aliphatic rings. The van der Waals surface area contributed by atoms with Crippen LogP contribution >= 0.6 is 0 Å². The number of rotatable bonds is 2. The van der Waals surface area contributed by atoms with Gasteiger partial charge in [-0.1, -0.05) is 12.8 Å². The first-order valence-corrected chi connectivity index (χ1v) is 5.72. The number of hydrogen-bond donors (Lipinski definition) is 1. The molecular formula is C12H15F3N2. The Morgan fingerprint density at radius 3 is 2.29 bits per heavy atom. The van der Waals surface area contributed by atoms with Crippen LogP contribution in [0.3, 0.4) is 0 Å². The Hall–Kier alpha value is -1.10. The lowest BCUT2D eigenvalue weighted by atomic mass is 9.82. The third-order valence-corrected chi connectivity index (χ3v) is 3.59. The topological polar surface area (TPSA) is 38.9 Å². The van der Waals surface area contributed by atoms with Gasteiger partial charge in [0.15, 0.2) is 0 Å². The molecule has 17 heavy (non-hydrogen) atoms. The van der Waals surface area contributed by atoms with Crippen molar-refractivity contribution in [2.75, 3.05) is 6.54 Å². The van der Waals surface area contributed by atoms with Gasteiger partial charge in [-0.2, -0.15) is 13.2 Å². The van der Waals surface area contributed by atoms with Gasteiger partial charge < -0.3 is 5.73 Å². The highest BCUT2D eigenvalue weighted by atomic mass is 19.4. The van der Waals surface area contributed by atoms with Gasteiger partial charge in [-0.15, -0.1) is 0 Å². The molecule has 0 saturated heterocycles. The number of halogens is 3. The van der Waals surface area contributed by atoms with Gasteiger partial charge in [-0.05, 0) is 25.0 Å². The van der Waals surface area contributed by atoms with E-state index in [9.17, 15) is 13.2 Å². The van der Waals surface area contributed by atoms with Crippen molar-refractivity contribution in [3.8, 4) is 0 Å². The Morgan fingerprint density at radius 2 is 1.88 bits per heavy atom. The largest absolute Gasteiger partial charge is 0.417 e. The molecule has 0 amide bonds. The van der Waals surface area contributed by atoms with Gasteiger partial charge in [0.2, 0.25) is 0 Å². The first kappa shape index (κ1) is 12.4. The summed E-state index contributed by atoms with van der Waals surface area (Å²) in [7, 11) is 0. The van der Waals surface area contributed by atoms with E-state index in [0.717, 1.165) is 37.9 Å². The molecule has 2 nitrogen and oxygen atoms in total. The van der Waals surface area contributed by atoms with Crippen molar-refractivity contribution in [2.45, 2.75) is 37.3 Å². The molecule has 0 aromatic carbocycles. The average molecular weight is 244 g/mol. The van der Waals surface area contributed by atoms with Gasteiger partial charge in [0.05, 0.1) is 5.56 Å². The van der Waals surface area contributed by atoms with E-state index in [1.54, 1.807) is 0 Å². The Labute approximate surface area is 98.0 Å². The van der Waals surface area contributed by atoms with E-state index >= 15 is 0 Å². The van der Waals surface area contributed by atoms with Gasteiger partial charge in [0.1, 0.15) is 0 Å². The van der Waals surface area contributed by atoms with E-state index in [-0.39, 0.29) is 5.41 Å². The Morgan fingerprint density at radius 1 is 1.24 bits per heavy atom. The highest BCUT2D eigenvalue weighted by Crippen LogP contribution is 2.39. The molecule has 0 bridgehead atoms. The van der Waals surface area contributed by atoms with Crippen LogP contribution in [0.4, 0.5) is 13.2 Å². The molecule has 0 atom stereocenters. The minimum Gasteiger partial charge on any atom is -0.330 e. The summed E-state index contributed by atoms with van der Waals surface area (Å²) in [5.74, 6) is 0. The third kappa shape index (κ3) is 2.29. The predicted octanol–water partition coefficient (Wildman–Crippen LogP) is 2.87. The summed E-state index contributed by atoms with van der Waals surface area (Å²) >= 11 is 0. The van der Waals surface area contributed by atoms with E-state index in [4.69, 9.17) is 5.73 Å². The molecule has 2 rings (SSSR count). The highest BCUT2D eigenvalue weighted by Gasteiger charge is 2.37. The Balaban J connectivity index is 2.28. The first-order chi connectivity index (χ1) is 7.98. The molecule has 1 aromatic heterocycles. The second-order valence-corrected chi connectivity index (χ2v) is 4.62. The zero-order valence-electron chi connectivity index (χ0n) is 9.43. The molecule has 0 radical (unpaired) electrons. The smallest absolute Gasteiger partial charge is 0.330 e. The van der Waals surface area contributed by atoms with Crippen LogP contribution in [0.25, 0.3) is 0 Å². The number of hydrogen-bond acceptors (Lipinski definition) is 2. The second kappa shape index (κ2) is 4.29. The van der Waals surface area contributed by atoms with E-state index in [1.807, 2.05) is 0 Å². The molecule has 0 spiro atoms. The lowest BCUT2D eigenvalue weighted by Crippen LogP contribution is -2.33. The fourth-order valence-corrected chi connectivity index (χ4v) is 2.49. The number of pyridine rings is 1. The fraction of sp³-hybridized carbons (Fsp3) is 0.583. The predicted molar refractivity (Wildman–Crippen MR) is 58.4 cm³/mol. The second-order valence-electron chi connectivity index (χ2n) is 4.62. The molecule has 1 heterocycles. The van der Waals surface area contributed by atoms with Crippen LogP contribution in [0, 0.1) is 0 Å². The molecule has 1 fully saturated rings. The van der Waals surface area contributed by atoms with Gasteiger partial charge in [0, 0.05) is 23.9 Å². The maximum absolute atomic E-state index is 12.4. The number of aromatic nitrogens is 1. The monoisotopic (exact) mass is 244 g/mol. The van der Waals surface area contributed by atoms with E-state index in [1.165, 1.54) is 6.07 Å². The number of alkyl halides is 3. The van der Waals surface area contributed by atoms with Crippen molar-refractivity contribution in [1.29, 1.82) is 0 Å². The van der Waals surface area contributed by atoms with Gasteiger partial charge in [-0.25, -0.2) is 0 Å². The van der Waals surface area contributed by atoms with Gasteiger partial charge in [0.25, 0.3) is 0 Å². The Kier molecular flexibility index (Phi) is 3.12. The van der Waals surface area contributed by atoms with Crippen molar-refractivity contribution in [1.82, 2.24) is 4.98 Å². The maximum Gasteiger partial charge on any atom is 0.417 e. The molecule has 5 heteroatoms. The van der Waals surface area contributed by atoms with E-state index in [0.29, 0.717) is 12.2 Å². The van der Waals surface area contributed by atoms with E-state index in [2.05, 4.69) is 4.98 Å². The fourth-order valence-electron chi connectivity index (χ4n) is 2.49. The highest BCUT2D eigenvalue weighted by molar-refractivity contribution is 5.24. The molecule has 1 saturated carbocycles. The van der Waals surface area contributed by atoms with Crippen molar-refractivity contribution in [3.05, 3.63) is 29.6 Å². The van der Waals surface area contributed by atoms with Crippen LogP contribution in [0.2, 0.25) is 0 Å². The quantitative estimate of drug-likeness (QED) is 0.868. The molecule has 0 unspecified atom stereocenters. The normalized spacial score (nSPS) is 19.5. The summed E-state index contributed by atoms with van der Waals surface area (Å²) in [6, 6.07) is 2.57. The SMILES string of the molecule is NCC1(c2ccc(C(F)(F)F)cn2)CCCC1. The van der Waals surface area contributed by atoms with Crippen LogP contribution in [0.15, 0.2) is 18.3 Å². The molecule has 94 valence electrons. The zero-order valence-corrected chi connectivity index (χ0v) is 9.43. The molecule has 2 N–H and O–H groups in total. The summed E-state index contributed by atoms with van der Waals surface area (Å²) in [5, 5.41) is 0. The summed E-state index contributed by atoms with van der Waals surface area (Å²) in [6.45, 7) is 0.450. The van der Waals surface area contributed by atoms with Gasteiger partial charge >= 0.3 is 6.18 Å². The summed E-state index contributed by atoms with van der Waals surface area (Å²) in [4.78, 5) is 3.97. The molecule has 1 aliphatic carbocycles. The lowest BCUT2D eigenvalue weighted by Gasteiger charge is -2.26. The third-order valence-electron chi connectivity index (χ3n) is 3.59. The first-order valence-electron chi connectivity index (χ1n) is 5.72. The van der Waals surface area contributed by atoms with Crippen molar-refractivity contribution < 1.29 is 13.2 Å².